The first-order chi connectivity index (χ1) is 22.2. The Balaban J connectivity index is 1.16. The van der Waals surface area contributed by atoms with Gasteiger partial charge in [0.2, 0.25) is 0 Å². The van der Waals surface area contributed by atoms with E-state index in [4.69, 9.17) is 25.5 Å². The van der Waals surface area contributed by atoms with E-state index in [0.717, 1.165) is 0 Å². The highest BCUT2D eigenvalue weighted by Crippen LogP contribution is 2.60. The second-order valence-electron chi connectivity index (χ2n) is 10.3. The van der Waals surface area contributed by atoms with E-state index in [-0.39, 0.29) is 11.2 Å². The van der Waals surface area contributed by atoms with Gasteiger partial charge in [-0.05, 0) is 12.2 Å². The van der Waals surface area contributed by atoms with Crippen LogP contribution in [0.15, 0.2) is 37.2 Å². The molecule has 0 radical (unpaired) electrons. The van der Waals surface area contributed by atoms with E-state index in [0.29, 0.717) is 24.4 Å². The Hall–Kier alpha value is -3.05. The fourth-order valence-corrected chi connectivity index (χ4v) is 6.95. The molecule has 2 unspecified atom stereocenters. The van der Waals surface area contributed by atoms with Crippen molar-refractivity contribution in [3.63, 3.8) is 0 Å². The number of ether oxygens (including phenoxy) is 2. The van der Waals surface area contributed by atoms with Crippen molar-refractivity contribution < 1.29 is 71.5 Å². The third-order valence-corrected chi connectivity index (χ3v) is 9.73. The number of aliphatic hydroxyl groups is 3. The van der Waals surface area contributed by atoms with Crippen molar-refractivity contribution in [2.75, 3.05) is 31.6 Å². The average molecular weight is 706 g/mol. The van der Waals surface area contributed by atoms with Crippen molar-refractivity contribution in [1.82, 2.24) is 19.5 Å². The maximum atomic E-state index is 12.6. The van der Waals surface area contributed by atoms with E-state index in [9.17, 15) is 44.1 Å². The van der Waals surface area contributed by atoms with Crippen molar-refractivity contribution in [2.24, 2.45) is 11.5 Å². The lowest BCUT2D eigenvalue weighted by Crippen LogP contribution is -2.52. The Morgan fingerprint density at radius 3 is 2.40 bits per heavy atom. The van der Waals surface area contributed by atoms with Gasteiger partial charge in [0, 0.05) is 19.2 Å². The lowest BCUT2D eigenvalue weighted by atomic mass is 10.1. The fraction of sp³-hybridized carbons (Fsp3) is 0.522. The predicted molar refractivity (Wildman–Crippen MR) is 150 cm³/mol. The molecule has 0 aromatic carbocycles. The molecule has 0 spiro atoms. The number of phosphoric ester groups is 2. The second-order valence-corrected chi connectivity index (χ2v) is 13.4. The molecule has 3 aromatic heterocycles. The number of fused-ring (bicyclic) bond motifs is 1. The zero-order valence-corrected chi connectivity index (χ0v) is 25.9. The minimum atomic E-state index is -5.40. The van der Waals surface area contributed by atoms with Gasteiger partial charge in [-0.2, -0.15) is 8.88 Å². The third-order valence-electron chi connectivity index (χ3n) is 7.13. The summed E-state index contributed by atoms with van der Waals surface area (Å²) in [6.45, 7) is -1.14. The quantitative estimate of drug-likeness (QED) is 0.0587. The number of nitrogens with one attached hydrogen (secondary N) is 1. The Kier molecular flexibility index (Phi) is 10.7. The normalized spacial score (nSPS) is 30.3. The van der Waals surface area contributed by atoms with Gasteiger partial charge in [0.05, 0.1) is 25.6 Å². The number of amides is 1. The number of pyridine rings is 1. The van der Waals surface area contributed by atoms with Crippen LogP contribution in [0.3, 0.4) is 0 Å². The molecule has 2 fully saturated rings. The van der Waals surface area contributed by atoms with Crippen LogP contribution in [0.5, 0.6) is 0 Å². The number of imidazole rings is 1. The number of nitrogens with two attached hydrogens (primary N) is 2. The molecule has 5 heterocycles. The molecule has 0 aliphatic carbocycles. The molecule has 2 saturated heterocycles. The number of aliphatic hydroxyl groups excluding tert-OH is 3. The molecular formula is C23H32N8O14P2. The molecule has 258 valence electrons. The highest BCUT2D eigenvalue weighted by Gasteiger charge is 2.47. The number of carbonyl (C=O) groups excluding carboxylic acids is 1. The van der Waals surface area contributed by atoms with Gasteiger partial charge in [0.15, 0.2) is 35.6 Å². The van der Waals surface area contributed by atoms with Gasteiger partial charge in [-0.3, -0.25) is 18.4 Å². The number of phosphoric acid groups is 2. The summed E-state index contributed by atoms with van der Waals surface area (Å²) in [5, 5.41) is 47.0. The van der Waals surface area contributed by atoms with Crippen LogP contribution in [0, 0.1) is 0 Å². The van der Waals surface area contributed by atoms with Gasteiger partial charge in [-0.1, -0.05) is 0 Å². The number of aromatic nitrogens is 5. The third kappa shape index (κ3) is 7.82. The summed E-state index contributed by atoms with van der Waals surface area (Å²) in [5.41, 5.74) is 11.3. The van der Waals surface area contributed by atoms with Gasteiger partial charge >= 0.3 is 15.6 Å². The van der Waals surface area contributed by atoms with E-state index < -0.39 is 83.8 Å². The molecule has 5 rings (SSSR count). The van der Waals surface area contributed by atoms with E-state index in [1.807, 2.05) is 0 Å². The molecule has 22 nitrogen and oxygen atoms in total. The zero-order valence-electron chi connectivity index (χ0n) is 24.1. The number of carbonyl (C=O) groups is 1. The molecule has 10 atom stereocenters. The summed E-state index contributed by atoms with van der Waals surface area (Å²) in [4.78, 5) is 44.0. The molecule has 24 heteroatoms. The highest BCUT2D eigenvalue weighted by atomic mass is 31.3. The standard InChI is InChI=1S/C23H32N8O14P2/c24-3-4-26-20-14-21(28-9-27-20)31(10-29-14)23-18(35)16(33)13(44-23)8-42-47(39,40)45-46(37,38)41-7-12-15(32)17(34)22(43-12)30-5-1-2-11(6-30)19(25)36/h1-2,5-6,9-10,12-13,15-18,22-23,32-33,35H,3-4,7-8,24H2,(H2,25,36)(H,37,38)(H,39,40)(H,26,27,28)/t12-,13-,15-,16-,17-,18-,22-,23-/m1/s1. The van der Waals surface area contributed by atoms with Gasteiger partial charge in [0.25, 0.3) is 12.1 Å². The second kappa shape index (κ2) is 14.2. The molecule has 47 heavy (non-hydrogen) atoms. The minimum absolute atomic E-state index is 0.0416. The summed E-state index contributed by atoms with van der Waals surface area (Å²) in [6.07, 6.45) is -7.36. The van der Waals surface area contributed by atoms with Crippen LogP contribution >= 0.6 is 15.6 Å². The summed E-state index contributed by atoms with van der Waals surface area (Å²) in [7, 11) is -10.8. The first-order valence-electron chi connectivity index (χ1n) is 13.8. The smallest absolute Gasteiger partial charge is 0.481 e. The Labute approximate surface area is 264 Å². The fourth-order valence-electron chi connectivity index (χ4n) is 4.86. The van der Waals surface area contributed by atoms with Crippen LogP contribution in [0.2, 0.25) is 0 Å². The highest BCUT2D eigenvalue weighted by molar-refractivity contribution is 7.61. The Morgan fingerprint density at radius 2 is 1.74 bits per heavy atom. The molecule has 3 aromatic rings. The lowest BCUT2D eigenvalue weighted by molar-refractivity contribution is -0.782. The number of primary amides is 1. The van der Waals surface area contributed by atoms with Crippen molar-refractivity contribution in [3.05, 3.63) is 42.7 Å². The van der Waals surface area contributed by atoms with Crippen molar-refractivity contribution >= 4 is 38.5 Å². The summed E-state index contributed by atoms with van der Waals surface area (Å²) < 4.78 is 52.2. The van der Waals surface area contributed by atoms with E-state index >= 15 is 0 Å². The molecule has 1 amide bonds. The van der Waals surface area contributed by atoms with Crippen molar-refractivity contribution in [1.29, 1.82) is 0 Å². The number of hydrogen-bond acceptors (Lipinski definition) is 17. The first kappa shape index (κ1) is 35.3. The number of hydrogen-bond donors (Lipinski definition) is 8. The lowest BCUT2D eigenvalue weighted by Gasteiger charge is -2.22. The van der Waals surface area contributed by atoms with Crippen molar-refractivity contribution in [2.45, 2.75) is 49.1 Å². The largest absolute Gasteiger partial charge is 0.843 e. The molecule has 0 bridgehead atoms. The first-order valence-corrected chi connectivity index (χ1v) is 16.8. The van der Waals surface area contributed by atoms with Crippen molar-refractivity contribution in [3.8, 4) is 0 Å². The van der Waals surface area contributed by atoms with Gasteiger partial charge in [-0.15, -0.1) is 0 Å². The maximum absolute atomic E-state index is 12.6. The van der Waals surface area contributed by atoms with E-state index in [1.165, 1.54) is 46.3 Å². The summed E-state index contributed by atoms with van der Waals surface area (Å²) >= 11 is 0. The number of rotatable bonds is 14. The molecule has 10 N–H and O–H groups in total. The molecule has 2 aliphatic heterocycles. The predicted octanol–water partition coefficient (Wildman–Crippen LogP) is -3.86. The van der Waals surface area contributed by atoms with Crippen LogP contribution in [0.1, 0.15) is 22.8 Å². The maximum Gasteiger partial charge on any atom is 0.481 e. The Morgan fingerprint density at radius 1 is 1.06 bits per heavy atom. The number of nitrogens with zero attached hydrogens (tertiary/aromatic N) is 5. The number of anilines is 1. The minimum Gasteiger partial charge on any atom is -0.843 e. The topological polar surface area (TPSA) is 333 Å². The molecule has 0 saturated carbocycles. The van der Waals surface area contributed by atoms with Crippen LogP contribution < -0.4 is 26.5 Å². The van der Waals surface area contributed by atoms with E-state index in [2.05, 4.69) is 29.1 Å². The van der Waals surface area contributed by atoms with Crippen LogP contribution in [0.4, 0.5) is 5.82 Å². The molecule has 2 aliphatic rings. The molecular weight excluding hydrogens is 674 g/mol. The van der Waals surface area contributed by atoms with Gasteiger partial charge in [0.1, 0.15) is 36.3 Å². The van der Waals surface area contributed by atoms with Gasteiger partial charge in [-0.25, -0.2) is 24.1 Å². The van der Waals surface area contributed by atoms with Crippen LogP contribution in [-0.4, -0.2) is 113 Å². The Bertz CT molecular complexity index is 1680. The SMILES string of the molecule is NCCNc1ncnc2c1ncn2[C@@H]1O[C@H](COP(=O)(O)OP(=O)(O)OC[C@H]2O[C@@H]([n+]3cccc(C(N)=O)c3)[C@H]([O-])[C@@H]2O)[C@@H](O)[C@H]1O. The zero-order chi connectivity index (χ0) is 34.1. The average Bonchev–Trinajstić information content (AvgIpc) is 3.67. The summed E-state index contributed by atoms with van der Waals surface area (Å²) in [6, 6.07) is 2.79. The van der Waals surface area contributed by atoms with Gasteiger partial charge < -0.3 is 56.5 Å². The summed E-state index contributed by atoms with van der Waals surface area (Å²) in [5.74, 6) is -0.427. The van der Waals surface area contributed by atoms with E-state index in [1.54, 1.807) is 0 Å². The van der Waals surface area contributed by atoms with Crippen LogP contribution in [0.25, 0.3) is 11.2 Å². The monoisotopic (exact) mass is 706 g/mol. The van der Waals surface area contributed by atoms with Crippen LogP contribution in [-0.2, 0) is 32.0 Å².